The lowest BCUT2D eigenvalue weighted by atomic mass is 10.2. The van der Waals surface area contributed by atoms with Crippen molar-refractivity contribution in [3.63, 3.8) is 0 Å². The van der Waals surface area contributed by atoms with Gasteiger partial charge in [0.05, 0.1) is 25.4 Å². The van der Waals surface area contributed by atoms with Crippen molar-refractivity contribution >= 4 is 0 Å². The Kier molecular flexibility index (Phi) is 6.12. The predicted octanol–water partition coefficient (Wildman–Crippen LogP) is 2.49. The first kappa shape index (κ1) is 18.0. The summed E-state index contributed by atoms with van der Waals surface area (Å²) in [4.78, 5) is 6.56. The van der Waals surface area contributed by atoms with Gasteiger partial charge in [0.2, 0.25) is 5.89 Å². The summed E-state index contributed by atoms with van der Waals surface area (Å²) in [5, 5.41) is 14.3. The minimum absolute atomic E-state index is 0.0743. The van der Waals surface area contributed by atoms with Crippen LogP contribution in [0.4, 0.5) is 4.39 Å². The fourth-order valence-electron chi connectivity index (χ4n) is 3.13. The molecule has 2 unspecified atom stereocenters. The third-order valence-electron chi connectivity index (χ3n) is 4.42. The second-order valence-electron chi connectivity index (χ2n) is 6.31. The van der Waals surface area contributed by atoms with E-state index in [-0.39, 0.29) is 25.1 Å². The Hall–Kier alpha value is -1.83. The zero-order valence-electron chi connectivity index (χ0n) is 14.4. The van der Waals surface area contributed by atoms with Gasteiger partial charge in [-0.05, 0) is 25.5 Å². The molecule has 1 fully saturated rings. The first-order chi connectivity index (χ1) is 12.2. The molecule has 1 N–H and O–H groups in total. The van der Waals surface area contributed by atoms with E-state index in [0.29, 0.717) is 30.2 Å². The van der Waals surface area contributed by atoms with E-state index in [9.17, 15) is 9.50 Å². The lowest BCUT2D eigenvalue weighted by Gasteiger charge is -2.24. The maximum atomic E-state index is 13.5. The first-order valence-corrected chi connectivity index (χ1v) is 8.73. The minimum Gasteiger partial charge on any atom is -0.389 e. The second kappa shape index (κ2) is 8.51. The zero-order valence-corrected chi connectivity index (χ0v) is 14.4. The number of nitrogens with zero attached hydrogens (tertiary/aromatic N) is 3. The Labute approximate surface area is 146 Å². The summed E-state index contributed by atoms with van der Waals surface area (Å²) in [5.74, 6) is 1.03. The van der Waals surface area contributed by atoms with Gasteiger partial charge >= 0.3 is 0 Å². The van der Waals surface area contributed by atoms with E-state index in [1.807, 2.05) is 6.92 Å². The summed E-state index contributed by atoms with van der Waals surface area (Å²) in [7, 11) is 0. The predicted molar refractivity (Wildman–Crippen MR) is 89.3 cm³/mol. The molecule has 136 valence electrons. The standard InChI is InChI=1S/C18H24FN3O3/c1-2-17-20-18(21-25-17)16-8-5-9-22(16)10-14(23)12-24-11-13-6-3-4-7-15(13)19/h3-4,6-7,14,16,23H,2,5,8-12H2,1H3. The Balaban J connectivity index is 1.48. The molecule has 0 bridgehead atoms. The maximum absolute atomic E-state index is 13.5. The highest BCUT2D eigenvalue weighted by Crippen LogP contribution is 2.30. The Morgan fingerprint density at radius 2 is 2.28 bits per heavy atom. The van der Waals surface area contributed by atoms with Crippen molar-refractivity contribution in [3.05, 3.63) is 47.4 Å². The van der Waals surface area contributed by atoms with E-state index in [0.717, 1.165) is 19.4 Å². The smallest absolute Gasteiger partial charge is 0.226 e. The van der Waals surface area contributed by atoms with E-state index in [2.05, 4.69) is 15.0 Å². The molecule has 0 spiro atoms. The molecule has 3 rings (SSSR count). The average molecular weight is 349 g/mol. The van der Waals surface area contributed by atoms with Crippen LogP contribution in [0.15, 0.2) is 28.8 Å². The van der Waals surface area contributed by atoms with Crippen LogP contribution in [0, 0.1) is 5.82 Å². The van der Waals surface area contributed by atoms with Crippen molar-refractivity contribution in [2.24, 2.45) is 0 Å². The molecule has 1 aliphatic heterocycles. The first-order valence-electron chi connectivity index (χ1n) is 8.73. The molecule has 2 aromatic rings. The van der Waals surface area contributed by atoms with Gasteiger partial charge in [-0.3, -0.25) is 4.90 Å². The molecule has 25 heavy (non-hydrogen) atoms. The Morgan fingerprint density at radius 1 is 1.44 bits per heavy atom. The molecule has 0 saturated carbocycles. The molecule has 1 aliphatic rings. The van der Waals surface area contributed by atoms with Gasteiger partial charge in [-0.15, -0.1) is 0 Å². The van der Waals surface area contributed by atoms with Crippen LogP contribution in [0.25, 0.3) is 0 Å². The summed E-state index contributed by atoms with van der Waals surface area (Å²) in [5.41, 5.74) is 0.493. The molecule has 1 aromatic heterocycles. The van der Waals surface area contributed by atoms with Crippen LogP contribution < -0.4 is 0 Å². The lowest BCUT2D eigenvalue weighted by Crippen LogP contribution is -2.35. The number of aliphatic hydroxyl groups excluding tert-OH is 1. The van der Waals surface area contributed by atoms with Crippen molar-refractivity contribution in [1.29, 1.82) is 0 Å². The highest BCUT2D eigenvalue weighted by Gasteiger charge is 2.31. The molecular weight excluding hydrogens is 325 g/mol. The highest BCUT2D eigenvalue weighted by atomic mass is 19.1. The number of β-amino-alcohol motifs (C(OH)–C–C–N with tert-alkyl or cyclic N) is 1. The number of hydrogen-bond donors (Lipinski definition) is 1. The monoisotopic (exact) mass is 349 g/mol. The topological polar surface area (TPSA) is 71.6 Å². The number of aromatic nitrogens is 2. The molecule has 2 heterocycles. The van der Waals surface area contributed by atoms with Gasteiger partial charge < -0.3 is 14.4 Å². The van der Waals surface area contributed by atoms with Gasteiger partial charge in [-0.2, -0.15) is 4.98 Å². The number of benzene rings is 1. The number of ether oxygens (including phenoxy) is 1. The van der Waals surface area contributed by atoms with Crippen molar-refractivity contribution in [2.45, 2.75) is 44.9 Å². The molecule has 6 nitrogen and oxygen atoms in total. The quantitative estimate of drug-likeness (QED) is 0.789. The lowest BCUT2D eigenvalue weighted by molar-refractivity contribution is 0.00637. The fourth-order valence-corrected chi connectivity index (χ4v) is 3.13. The molecule has 0 radical (unpaired) electrons. The van der Waals surface area contributed by atoms with Gasteiger partial charge in [0, 0.05) is 18.5 Å². The van der Waals surface area contributed by atoms with Gasteiger partial charge in [0.1, 0.15) is 5.82 Å². The SMILES string of the molecule is CCc1nc(C2CCCN2CC(O)COCc2ccccc2F)no1. The van der Waals surface area contributed by atoms with Crippen molar-refractivity contribution in [1.82, 2.24) is 15.0 Å². The number of halogens is 1. The van der Waals surface area contributed by atoms with Crippen molar-refractivity contribution in [3.8, 4) is 0 Å². The van der Waals surface area contributed by atoms with Crippen LogP contribution >= 0.6 is 0 Å². The summed E-state index contributed by atoms with van der Waals surface area (Å²) in [6, 6.07) is 6.57. The number of likely N-dealkylation sites (tertiary alicyclic amines) is 1. The Bertz CT molecular complexity index is 679. The fraction of sp³-hybridized carbons (Fsp3) is 0.556. The average Bonchev–Trinajstić information content (AvgIpc) is 3.25. The van der Waals surface area contributed by atoms with E-state index in [4.69, 9.17) is 9.26 Å². The van der Waals surface area contributed by atoms with Crippen LogP contribution in [-0.4, -0.2) is 45.9 Å². The summed E-state index contributed by atoms with van der Waals surface area (Å²) >= 11 is 0. The number of hydrogen-bond acceptors (Lipinski definition) is 6. The molecule has 7 heteroatoms. The summed E-state index contributed by atoms with van der Waals surface area (Å²) in [6.07, 6.45) is 2.05. The van der Waals surface area contributed by atoms with Crippen LogP contribution in [0.5, 0.6) is 0 Å². The second-order valence-corrected chi connectivity index (χ2v) is 6.31. The third kappa shape index (κ3) is 4.62. The molecule has 1 aromatic carbocycles. The molecule has 1 saturated heterocycles. The number of rotatable bonds is 8. The van der Waals surface area contributed by atoms with Gasteiger partial charge in [0.25, 0.3) is 0 Å². The van der Waals surface area contributed by atoms with Crippen LogP contribution in [0.1, 0.15) is 43.1 Å². The maximum Gasteiger partial charge on any atom is 0.226 e. The number of aryl methyl sites for hydroxylation is 1. The number of aliphatic hydroxyl groups is 1. The van der Waals surface area contributed by atoms with Gasteiger partial charge in [0.15, 0.2) is 5.82 Å². The van der Waals surface area contributed by atoms with Crippen LogP contribution in [-0.2, 0) is 17.8 Å². The molecule has 0 aliphatic carbocycles. The van der Waals surface area contributed by atoms with E-state index >= 15 is 0 Å². The third-order valence-corrected chi connectivity index (χ3v) is 4.42. The molecular formula is C18H24FN3O3. The highest BCUT2D eigenvalue weighted by molar-refractivity contribution is 5.16. The molecule has 0 amide bonds. The van der Waals surface area contributed by atoms with Crippen LogP contribution in [0.3, 0.4) is 0 Å². The summed E-state index contributed by atoms with van der Waals surface area (Å²) in [6.45, 7) is 3.63. The van der Waals surface area contributed by atoms with Crippen molar-refractivity contribution < 1.29 is 18.8 Å². The van der Waals surface area contributed by atoms with Crippen molar-refractivity contribution in [2.75, 3.05) is 19.7 Å². The van der Waals surface area contributed by atoms with E-state index < -0.39 is 6.10 Å². The largest absolute Gasteiger partial charge is 0.389 e. The minimum atomic E-state index is -0.648. The zero-order chi connectivity index (χ0) is 17.6. The Morgan fingerprint density at radius 3 is 3.04 bits per heavy atom. The van der Waals surface area contributed by atoms with Gasteiger partial charge in [-0.25, -0.2) is 4.39 Å². The molecule has 2 atom stereocenters. The van der Waals surface area contributed by atoms with E-state index in [1.54, 1.807) is 18.2 Å². The van der Waals surface area contributed by atoms with E-state index in [1.165, 1.54) is 6.07 Å². The summed E-state index contributed by atoms with van der Waals surface area (Å²) < 4.78 is 24.2. The van der Waals surface area contributed by atoms with Gasteiger partial charge in [-0.1, -0.05) is 30.3 Å². The normalized spacial score (nSPS) is 19.4. The van der Waals surface area contributed by atoms with Crippen LogP contribution in [0.2, 0.25) is 0 Å².